The zero-order valence-corrected chi connectivity index (χ0v) is 21.1. The Balaban J connectivity index is 1.54. The van der Waals surface area contributed by atoms with Gasteiger partial charge < -0.3 is 15.0 Å². The summed E-state index contributed by atoms with van der Waals surface area (Å²) in [5.41, 5.74) is 4.25. The van der Waals surface area contributed by atoms with Crippen LogP contribution in [-0.2, 0) is 20.9 Å². The highest BCUT2D eigenvalue weighted by molar-refractivity contribution is 6.22. The predicted octanol–water partition coefficient (Wildman–Crippen LogP) is 4.85. The van der Waals surface area contributed by atoms with E-state index in [-0.39, 0.29) is 19.6 Å². The third-order valence-electron chi connectivity index (χ3n) is 6.14. The number of anilines is 2. The van der Waals surface area contributed by atoms with Gasteiger partial charge in [0.2, 0.25) is 5.91 Å². The van der Waals surface area contributed by atoms with Gasteiger partial charge in [-0.05, 0) is 62.7 Å². The molecule has 0 radical (unpaired) electrons. The predicted molar refractivity (Wildman–Crippen MR) is 140 cm³/mol. The number of nitrogens with zero attached hydrogens (tertiary/aromatic N) is 2. The molecule has 8 heteroatoms. The molecule has 1 aliphatic rings. The second kappa shape index (κ2) is 11.1. The fraction of sp³-hybridized carbons (Fsp3) is 0.241. The van der Waals surface area contributed by atoms with Crippen molar-refractivity contribution >= 4 is 35.2 Å². The van der Waals surface area contributed by atoms with Crippen molar-refractivity contribution in [3.8, 4) is 0 Å². The van der Waals surface area contributed by atoms with Crippen molar-refractivity contribution in [2.45, 2.75) is 39.8 Å². The maximum Gasteiger partial charge on any atom is 0.338 e. The Kier molecular flexibility index (Phi) is 7.67. The minimum absolute atomic E-state index is 0.194. The third-order valence-corrected chi connectivity index (χ3v) is 6.14. The van der Waals surface area contributed by atoms with Crippen LogP contribution in [0.15, 0.2) is 72.8 Å². The number of carbonyl (C=O) groups is 4. The average molecular weight is 500 g/mol. The smallest absolute Gasteiger partial charge is 0.338 e. The molecule has 4 rings (SSSR count). The average Bonchev–Trinajstić information content (AvgIpc) is 3.10. The van der Waals surface area contributed by atoms with Crippen molar-refractivity contribution in [2.75, 3.05) is 16.8 Å². The third kappa shape index (κ3) is 5.86. The number of hydrogen-bond donors (Lipinski definition) is 1. The lowest BCUT2D eigenvalue weighted by molar-refractivity contribution is -0.124. The molecule has 190 valence electrons. The van der Waals surface area contributed by atoms with Gasteiger partial charge in [-0.2, -0.15) is 0 Å². The van der Waals surface area contributed by atoms with E-state index in [1.165, 1.54) is 4.90 Å². The largest absolute Gasteiger partial charge is 0.462 e. The first-order chi connectivity index (χ1) is 17.8. The van der Waals surface area contributed by atoms with Gasteiger partial charge in [-0.15, -0.1) is 0 Å². The molecule has 1 heterocycles. The summed E-state index contributed by atoms with van der Waals surface area (Å²) in [6.45, 7) is 6.08. The van der Waals surface area contributed by atoms with Crippen LogP contribution < -0.4 is 10.2 Å². The molecule has 1 saturated heterocycles. The molecule has 37 heavy (non-hydrogen) atoms. The van der Waals surface area contributed by atoms with Crippen molar-refractivity contribution in [3.05, 3.63) is 95.1 Å². The van der Waals surface area contributed by atoms with Gasteiger partial charge in [0, 0.05) is 12.2 Å². The number of benzene rings is 3. The number of urea groups is 1. The van der Waals surface area contributed by atoms with Crippen LogP contribution in [-0.4, -0.2) is 41.4 Å². The normalized spacial score (nSPS) is 15.2. The van der Waals surface area contributed by atoms with E-state index in [0.717, 1.165) is 21.6 Å². The first kappa shape index (κ1) is 25.6. The maximum atomic E-state index is 13.5. The van der Waals surface area contributed by atoms with Crippen LogP contribution >= 0.6 is 0 Å². The first-order valence-corrected chi connectivity index (χ1v) is 12.1. The van der Waals surface area contributed by atoms with Crippen LogP contribution in [0.5, 0.6) is 0 Å². The van der Waals surface area contributed by atoms with Crippen LogP contribution in [0, 0.1) is 13.8 Å². The quantitative estimate of drug-likeness (QED) is 0.353. The second-order valence-corrected chi connectivity index (χ2v) is 8.97. The minimum Gasteiger partial charge on any atom is -0.462 e. The first-order valence-electron chi connectivity index (χ1n) is 12.1. The van der Waals surface area contributed by atoms with Crippen molar-refractivity contribution in [1.29, 1.82) is 0 Å². The zero-order valence-electron chi connectivity index (χ0n) is 21.1. The van der Waals surface area contributed by atoms with E-state index in [9.17, 15) is 19.2 Å². The summed E-state index contributed by atoms with van der Waals surface area (Å²) in [5.74, 6) is -1.32. The maximum absolute atomic E-state index is 13.5. The molecule has 3 aromatic carbocycles. The van der Waals surface area contributed by atoms with Crippen molar-refractivity contribution in [3.63, 3.8) is 0 Å². The van der Waals surface area contributed by atoms with Crippen LogP contribution in [0.1, 0.15) is 40.4 Å². The Labute approximate surface area is 215 Å². The molecule has 3 aromatic rings. The molecule has 0 aromatic heterocycles. The molecule has 4 amide bonds. The van der Waals surface area contributed by atoms with Crippen molar-refractivity contribution in [1.82, 2.24) is 4.90 Å². The number of amides is 4. The molecular weight excluding hydrogens is 470 g/mol. The molecule has 8 nitrogen and oxygen atoms in total. The Hall–Kier alpha value is -4.46. The number of imide groups is 1. The fourth-order valence-corrected chi connectivity index (χ4v) is 4.13. The van der Waals surface area contributed by atoms with E-state index < -0.39 is 29.9 Å². The fourth-order valence-electron chi connectivity index (χ4n) is 4.13. The summed E-state index contributed by atoms with van der Waals surface area (Å²) < 4.78 is 4.97. The van der Waals surface area contributed by atoms with E-state index in [4.69, 9.17) is 4.74 Å². The van der Waals surface area contributed by atoms with Crippen molar-refractivity contribution in [2.24, 2.45) is 0 Å². The van der Waals surface area contributed by atoms with Gasteiger partial charge in [0.25, 0.3) is 5.91 Å². The summed E-state index contributed by atoms with van der Waals surface area (Å²) in [7, 11) is 0. The van der Waals surface area contributed by atoms with Crippen LogP contribution in [0.4, 0.5) is 16.2 Å². The summed E-state index contributed by atoms with van der Waals surface area (Å²) in [6.07, 6.45) is -0.210. The molecule has 0 saturated carbocycles. The van der Waals surface area contributed by atoms with E-state index in [0.29, 0.717) is 16.9 Å². The zero-order chi connectivity index (χ0) is 26.5. The van der Waals surface area contributed by atoms with Gasteiger partial charge in [-0.25, -0.2) is 14.5 Å². The molecule has 1 atom stereocenters. The monoisotopic (exact) mass is 499 g/mol. The van der Waals surface area contributed by atoms with Crippen LogP contribution in [0.2, 0.25) is 0 Å². The lowest BCUT2D eigenvalue weighted by atomic mass is 10.1. The Morgan fingerprint density at radius 2 is 1.46 bits per heavy atom. The van der Waals surface area contributed by atoms with Gasteiger partial charge in [0.05, 0.1) is 24.3 Å². The lowest BCUT2D eigenvalue weighted by Gasteiger charge is -2.22. The molecule has 0 bridgehead atoms. The highest BCUT2D eigenvalue weighted by atomic mass is 16.5. The van der Waals surface area contributed by atoms with Gasteiger partial charge >= 0.3 is 12.0 Å². The molecule has 0 spiro atoms. The molecular formula is C29H29N3O5. The standard InChI is InChI=1S/C29H29N3O5/c1-4-37-28(35)22-11-13-23(14-12-22)30-26(33)17-25-27(34)32(24-15-7-20(3)8-16-24)29(36)31(25)18-21-9-5-19(2)6-10-21/h5-16,25H,4,17-18H2,1-3H3,(H,30,33)/t25-/m0/s1. The summed E-state index contributed by atoms with van der Waals surface area (Å²) in [6, 6.07) is 19.7. The number of rotatable bonds is 8. The van der Waals surface area contributed by atoms with Gasteiger partial charge in [-0.1, -0.05) is 47.5 Å². The summed E-state index contributed by atoms with van der Waals surface area (Å²) in [4.78, 5) is 54.3. The van der Waals surface area contributed by atoms with Gasteiger partial charge in [-0.3, -0.25) is 9.59 Å². The summed E-state index contributed by atoms with van der Waals surface area (Å²) >= 11 is 0. The van der Waals surface area contributed by atoms with E-state index in [2.05, 4.69) is 5.32 Å². The highest BCUT2D eigenvalue weighted by Crippen LogP contribution is 2.29. The van der Waals surface area contributed by atoms with E-state index in [1.807, 2.05) is 50.2 Å². The van der Waals surface area contributed by atoms with Crippen LogP contribution in [0.25, 0.3) is 0 Å². The Morgan fingerprint density at radius 1 is 0.865 bits per heavy atom. The topological polar surface area (TPSA) is 96.0 Å². The number of ether oxygens (including phenoxy) is 1. The Bertz CT molecular complexity index is 1300. The van der Waals surface area contributed by atoms with Gasteiger partial charge in [0.15, 0.2) is 0 Å². The highest BCUT2D eigenvalue weighted by Gasteiger charge is 2.46. The number of aryl methyl sites for hydroxylation is 2. The second-order valence-electron chi connectivity index (χ2n) is 8.97. The number of hydrogen-bond acceptors (Lipinski definition) is 5. The molecule has 1 aliphatic heterocycles. The summed E-state index contributed by atoms with van der Waals surface area (Å²) in [5, 5.41) is 2.76. The molecule has 0 aliphatic carbocycles. The minimum atomic E-state index is -0.964. The van der Waals surface area contributed by atoms with Crippen molar-refractivity contribution < 1.29 is 23.9 Å². The van der Waals surface area contributed by atoms with Crippen LogP contribution in [0.3, 0.4) is 0 Å². The Morgan fingerprint density at radius 3 is 2.05 bits per heavy atom. The number of carbonyl (C=O) groups excluding carboxylic acids is 4. The molecule has 0 unspecified atom stereocenters. The van der Waals surface area contributed by atoms with E-state index in [1.54, 1.807) is 43.3 Å². The number of esters is 1. The molecule has 1 fully saturated rings. The lowest BCUT2D eigenvalue weighted by Crippen LogP contribution is -2.37. The SMILES string of the molecule is CCOC(=O)c1ccc(NC(=O)C[C@H]2C(=O)N(c3ccc(C)cc3)C(=O)N2Cc2ccc(C)cc2)cc1. The van der Waals surface area contributed by atoms with E-state index >= 15 is 0 Å². The van der Waals surface area contributed by atoms with Gasteiger partial charge in [0.1, 0.15) is 6.04 Å². The molecule has 1 N–H and O–H groups in total. The number of nitrogens with one attached hydrogen (secondary N) is 1.